The van der Waals surface area contributed by atoms with Crippen LogP contribution in [-0.4, -0.2) is 32.7 Å². The van der Waals surface area contributed by atoms with E-state index >= 15 is 0 Å². The van der Waals surface area contributed by atoms with E-state index in [4.69, 9.17) is 11.6 Å². The molecule has 0 amide bonds. The second-order valence-electron chi connectivity index (χ2n) is 7.01. The Bertz CT molecular complexity index is 1080. The van der Waals surface area contributed by atoms with Crippen LogP contribution in [0.4, 0.5) is 32.2 Å². The van der Waals surface area contributed by atoms with Gasteiger partial charge in [-0.05, 0) is 31.0 Å². The summed E-state index contributed by atoms with van der Waals surface area (Å²) in [6.07, 6.45) is -6.13. The molecule has 5 nitrogen and oxygen atoms in total. The average molecular weight is 450 g/mol. The summed E-state index contributed by atoms with van der Waals surface area (Å²) < 4.78 is 79.1. The first kappa shape index (κ1) is 20.7. The fraction of sp³-hybridized carbons (Fsp3) is 0.389. The number of rotatable bonds is 2. The maximum absolute atomic E-state index is 13.1. The molecule has 0 radical (unpaired) electrons. The van der Waals surface area contributed by atoms with Crippen LogP contribution in [0.25, 0.3) is 5.65 Å². The maximum Gasteiger partial charge on any atom is 0.417 e. The zero-order valence-electron chi connectivity index (χ0n) is 15.2. The smallest absolute Gasteiger partial charge is 0.355 e. The number of pyridine rings is 2. The predicted molar refractivity (Wildman–Crippen MR) is 96.4 cm³/mol. The molecule has 4 rings (SSSR count). The Balaban J connectivity index is 1.64. The number of anilines is 1. The molecule has 0 aliphatic carbocycles. The third-order valence-electron chi connectivity index (χ3n) is 4.99. The first-order valence-electron chi connectivity index (χ1n) is 8.93. The van der Waals surface area contributed by atoms with Gasteiger partial charge in [0.1, 0.15) is 11.6 Å². The maximum atomic E-state index is 13.1. The first-order valence-corrected chi connectivity index (χ1v) is 9.31. The van der Waals surface area contributed by atoms with Crippen LogP contribution in [0, 0.1) is 0 Å². The molecule has 0 bridgehead atoms. The predicted octanol–water partition coefficient (Wildman–Crippen LogP) is 5.20. The Morgan fingerprint density at radius 2 is 1.73 bits per heavy atom. The number of alkyl halides is 6. The normalized spacial score (nSPS) is 18.2. The molecular formula is C18H14ClF6N5. The fourth-order valence-electron chi connectivity index (χ4n) is 3.55. The summed E-state index contributed by atoms with van der Waals surface area (Å²) in [5, 5.41) is 7.84. The van der Waals surface area contributed by atoms with Gasteiger partial charge in [0.05, 0.1) is 16.1 Å². The molecule has 12 heteroatoms. The van der Waals surface area contributed by atoms with Gasteiger partial charge in [-0.1, -0.05) is 11.6 Å². The molecule has 160 valence electrons. The number of fused-ring (bicyclic) bond motifs is 1. The average Bonchev–Trinajstić information content (AvgIpc) is 3.10. The van der Waals surface area contributed by atoms with Crippen LogP contribution in [0.2, 0.25) is 5.02 Å². The van der Waals surface area contributed by atoms with Crippen LogP contribution < -0.4 is 4.90 Å². The van der Waals surface area contributed by atoms with Crippen LogP contribution in [0.3, 0.4) is 0 Å². The highest BCUT2D eigenvalue weighted by Gasteiger charge is 2.34. The summed E-state index contributed by atoms with van der Waals surface area (Å²) in [5.74, 6) is 0.250. The highest BCUT2D eigenvalue weighted by molar-refractivity contribution is 6.33. The SMILES string of the molecule is FC(F)(F)c1cnc(N2CCCC(c3nnc4ccc(C(F)(F)F)cn34)C2)c(Cl)c1. The Labute approximate surface area is 171 Å². The topological polar surface area (TPSA) is 46.3 Å². The molecule has 0 aromatic carbocycles. The van der Waals surface area contributed by atoms with E-state index in [1.54, 1.807) is 4.90 Å². The highest BCUT2D eigenvalue weighted by Crippen LogP contribution is 2.36. The zero-order valence-corrected chi connectivity index (χ0v) is 15.9. The monoisotopic (exact) mass is 449 g/mol. The van der Waals surface area contributed by atoms with Crippen LogP contribution >= 0.6 is 11.6 Å². The summed E-state index contributed by atoms with van der Waals surface area (Å²) in [5.41, 5.74) is -1.50. The quantitative estimate of drug-likeness (QED) is 0.505. The highest BCUT2D eigenvalue weighted by atomic mass is 35.5. The van der Waals surface area contributed by atoms with Gasteiger partial charge in [0.2, 0.25) is 0 Å². The number of piperidine rings is 1. The third-order valence-corrected chi connectivity index (χ3v) is 5.27. The second kappa shape index (κ2) is 7.29. The number of hydrogen-bond acceptors (Lipinski definition) is 4. The van der Waals surface area contributed by atoms with Gasteiger partial charge in [0.25, 0.3) is 0 Å². The van der Waals surface area contributed by atoms with E-state index < -0.39 is 23.5 Å². The van der Waals surface area contributed by atoms with Crippen molar-refractivity contribution in [2.75, 3.05) is 18.0 Å². The van der Waals surface area contributed by atoms with Gasteiger partial charge < -0.3 is 4.90 Å². The lowest BCUT2D eigenvalue weighted by Gasteiger charge is -2.33. The van der Waals surface area contributed by atoms with Crippen molar-refractivity contribution < 1.29 is 26.3 Å². The second-order valence-corrected chi connectivity index (χ2v) is 7.42. The molecule has 1 aliphatic rings. The molecule has 0 spiro atoms. The first-order chi connectivity index (χ1) is 14.0. The minimum Gasteiger partial charge on any atom is -0.355 e. The summed E-state index contributed by atoms with van der Waals surface area (Å²) >= 11 is 6.05. The third kappa shape index (κ3) is 3.90. The standard InChI is InChI=1S/C18H14ClF6N5/c19-13-6-12(18(23,24)25)7-26-16(13)29-5-1-2-10(8-29)15-28-27-14-4-3-11(9-30(14)15)17(20,21)22/h3-4,6-7,9-10H,1-2,5,8H2. The van der Waals surface area contributed by atoms with Gasteiger partial charge in [-0.15, -0.1) is 10.2 Å². The van der Waals surface area contributed by atoms with Crippen molar-refractivity contribution >= 4 is 23.1 Å². The molecule has 1 atom stereocenters. The van der Waals surface area contributed by atoms with Crippen LogP contribution in [0.15, 0.2) is 30.6 Å². The van der Waals surface area contributed by atoms with Crippen LogP contribution in [0.1, 0.15) is 35.7 Å². The molecule has 3 aromatic heterocycles. The lowest BCUT2D eigenvalue weighted by atomic mass is 9.97. The van der Waals surface area contributed by atoms with Crippen molar-refractivity contribution in [3.63, 3.8) is 0 Å². The molecule has 0 N–H and O–H groups in total. The van der Waals surface area contributed by atoms with Gasteiger partial charge in [0.15, 0.2) is 5.65 Å². The lowest BCUT2D eigenvalue weighted by Crippen LogP contribution is -2.36. The zero-order chi connectivity index (χ0) is 21.7. The molecule has 1 unspecified atom stereocenters. The summed E-state index contributed by atoms with van der Waals surface area (Å²) in [4.78, 5) is 5.59. The van der Waals surface area contributed by atoms with Crippen LogP contribution in [-0.2, 0) is 12.4 Å². The molecule has 4 heterocycles. The van der Waals surface area contributed by atoms with E-state index in [9.17, 15) is 26.3 Å². The summed E-state index contributed by atoms with van der Waals surface area (Å²) in [7, 11) is 0. The molecule has 1 aliphatic heterocycles. The van der Waals surface area contributed by atoms with Crippen LogP contribution in [0.5, 0.6) is 0 Å². The van der Waals surface area contributed by atoms with Gasteiger partial charge >= 0.3 is 12.4 Å². The lowest BCUT2D eigenvalue weighted by molar-refractivity contribution is -0.138. The van der Waals surface area contributed by atoms with Gasteiger partial charge in [0, 0.05) is 31.4 Å². The van der Waals surface area contributed by atoms with E-state index in [0.717, 1.165) is 18.3 Å². The molecule has 1 fully saturated rings. The van der Waals surface area contributed by atoms with Crippen molar-refractivity contribution in [1.29, 1.82) is 0 Å². The van der Waals surface area contributed by atoms with Gasteiger partial charge in [-0.3, -0.25) is 4.40 Å². The molecular weight excluding hydrogens is 436 g/mol. The van der Waals surface area contributed by atoms with Gasteiger partial charge in [-0.2, -0.15) is 26.3 Å². The van der Waals surface area contributed by atoms with E-state index in [-0.39, 0.29) is 29.0 Å². The number of nitrogens with zero attached hydrogens (tertiary/aromatic N) is 5. The number of hydrogen-bond donors (Lipinski definition) is 0. The minimum atomic E-state index is -4.56. The van der Waals surface area contributed by atoms with E-state index in [1.165, 1.54) is 10.5 Å². The molecule has 1 saturated heterocycles. The van der Waals surface area contributed by atoms with Crippen molar-refractivity contribution in [2.24, 2.45) is 0 Å². The van der Waals surface area contributed by atoms with Crippen molar-refractivity contribution in [2.45, 2.75) is 31.1 Å². The van der Waals surface area contributed by atoms with E-state index in [1.807, 2.05) is 0 Å². The molecule has 30 heavy (non-hydrogen) atoms. The van der Waals surface area contributed by atoms with Crippen molar-refractivity contribution in [3.8, 4) is 0 Å². The Morgan fingerprint density at radius 1 is 1.00 bits per heavy atom. The minimum absolute atomic E-state index is 0.143. The largest absolute Gasteiger partial charge is 0.417 e. The number of halogens is 7. The number of aromatic nitrogens is 4. The van der Waals surface area contributed by atoms with E-state index in [0.29, 0.717) is 31.4 Å². The molecule has 3 aromatic rings. The Kier molecular flexibility index (Phi) is 5.03. The van der Waals surface area contributed by atoms with Gasteiger partial charge in [-0.25, -0.2) is 4.98 Å². The molecule has 0 saturated carbocycles. The fourth-order valence-corrected chi connectivity index (χ4v) is 3.84. The summed E-state index contributed by atoms with van der Waals surface area (Å²) in [6, 6.07) is 3.00. The van der Waals surface area contributed by atoms with E-state index in [2.05, 4.69) is 15.2 Å². The Hall–Kier alpha value is -2.56. The van der Waals surface area contributed by atoms with Crippen molar-refractivity contribution in [3.05, 3.63) is 52.6 Å². The Morgan fingerprint density at radius 3 is 2.40 bits per heavy atom. The summed E-state index contributed by atoms with van der Waals surface area (Å²) in [6.45, 7) is 0.786. The van der Waals surface area contributed by atoms with Crippen molar-refractivity contribution in [1.82, 2.24) is 19.6 Å².